The minimum Gasteiger partial charge on any atom is -0.496 e. The Morgan fingerprint density at radius 3 is 1.89 bits per heavy atom. The molecule has 246 valence electrons. The van der Waals surface area contributed by atoms with Crippen LogP contribution in [0, 0.1) is 0 Å². The number of carbonyl (C=O) groups excluding carboxylic acids is 2. The van der Waals surface area contributed by atoms with Crippen molar-refractivity contribution < 1.29 is 39.1 Å². The van der Waals surface area contributed by atoms with Crippen LogP contribution in [0.2, 0.25) is 0 Å². The third kappa shape index (κ3) is 8.62. The molecule has 10 nitrogen and oxygen atoms in total. The predicted octanol–water partition coefficient (Wildman–Crippen LogP) is 2.98. The van der Waals surface area contributed by atoms with Gasteiger partial charge in [0.15, 0.2) is 12.2 Å². The lowest BCUT2D eigenvalue weighted by Gasteiger charge is -2.31. The Morgan fingerprint density at radius 2 is 1.28 bits per heavy atom. The monoisotopic (exact) mass is 640 g/mol. The van der Waals surface area contributed by atoms with Crippen molar-refractivity contribution in [2.24, 2.45) is 0 Å². The van der Waals surface area contributed by atoms with Gasteiger partial charge >= 0.3 is 0 Å². The van der Waals surface area contributed by atoms with Crippen LogP contribution >= 0.6 is 0 Å². The molecule has 0 unspecified atom stereocenters. The molecule has 5 N–H and O–H groups in total. The first kappa shape index (κ1) is 33.8. The van der Waals surface area contributed by atoms with Crippen LogP contribution < -0.4 is 15.4 Å². The highest BCUT2D eigenvalue weighted by molar-refractivity contribution is 5.84. The zero-order valence-corrected chi connectivity index (χ0v) is 26.1. The van der Waals surface area contributed by atoms with Crippen LogP contribution in [0.1, 0.15) is 33.9 Å². The van der Waals surface area contributed by atoms with E-state index in [1.807, 2.05) is 60.7 Å². The van der Waals surface area contributed by atoms with Crippen molar-refractivity contribution in [3.05, 3.63) is 137 Å². The van der Waals surface area contributed by atoms with Crippen molar-refractivity contribution in [2.75, 3.05) is 7.11 Å². The van der Waals surface area contributed by atoms with E-state index in [4.69, 9.17) is 14.2 Å². The molecular weight excluding hydrogens is 600 g/mol. The summed E-state index contributed by atoms with van der Waals surface area (Å²) in [5.74, 6) is -0.901. The highest BCUT2D eigenvalue weighted by Crippen LogP contribution is 2.31. The van der Waals surface area contributed by atoms with Gasteiger partial charge in [0.05, 0.1) is 32.5 Å². The molecule has 47 heavy (non-hydrogen) atoms. The number of benzene rings is 4. The average molecular weight is 641 g/mol. The summed E-state index contributed by atoms with van der Waals surface area (Å²) >= 11 is 0. The average Bonchev–Trinajstić information content (AvgIpc) is 3.42. The van der Waals surface area contributed by atoms with Crippen molar-refractivity contribution in [1.29, 1.82) is 0 Å². The van der Waals surface area contributed by atoms with Crippen molar-refractivity contribution in [2.45, 2.75) is 62.7 Å². The normalized spacial score (nSPS) is 18.0. The van der Waals surface area contributed by atoms with Crippen LogP contribution in [0.5, 0.6) is 5.75 Å². The Kier molecular flexibility index (Phi) is 11.7. The molecule has 5 rings (SSSR count). The number of para-hydroxylation sites is 1. The van der Waals surface area contributed by atoms with Crippen molar-refractivity contribution >= 4 is 11.8 Å². The molecule has 0 spiro atoms. The van der Waals surface area contributed by atoms with E-state index in [1.54, 1.807) is 48.5 Å². The van der Waals surface area contributed by atoms with E-state index in [2.05, 4.69) is 10.6 Å². The molecule has 0 fully saturated rings. The second kappa shape index (κ2) is 16.3. The Labute approximate surface area is 273 Å². The number of aliphatic hydroxyl groups is 3. The van der Waals surface area contributed by atoms with E-state index in [1.165, 1.54) is 7.11 Å². The number of methoxy groups -OCH3 is 1. The van der Waals surface area contributed by atoms with Gasteiger partial charge in [0.1, 0.15) is 18.0 Å². The summed E-state index contributed by atoms with van der Waals surface area (Å²) in [4.78, 5) is 27.4. The molecule has 0 aromatic heterocycles. The first-order valence-corrected chi connectivity index (χ1v) is 15.5. The molecular formula is C37H40N2O8. The molecule has 0 aliphatic heterocycles. The van der Waals surface area contributed by atoms with E-state index in [-0.39, 0.29) is 19.8 Å². The van der Waals surface area contributed by atoms with Gasteiger partial charge in [-0.3, -0.25) is 9.59 Å². The molecule has 1 aliphatic rings. The third-order valence-electron chi connectivity index (χ3n) is 8.18. The van der Waals surface area contributed by atoms with E-state index >= 15 is 0 Å². The fourth-order valence-corrected chi connectivity index (χ4v) is 5.65. The Balaban J connectivity index is 1.37. The molecule has 0 saturated carbocycles. The SMILES string of the molecule is COc1ccccc1CNC(=O)[C@H](OCc1ccccc1)[C@H](O)[C@@H](O)[C@@H](OCc1ccccc1)C(=O)N[C@@H]1c2ccccc2C[C@@H]1O. The molecule has 0 radical (unpaired) electrons. The van der Waals surface area contributed by atoms with Crippen LogP contribution in [-0.2, 0) is 45.2 Å². The van der Waals surface area contributed by atoms with Crippen molar-refractivity contribution in [1.82, 2.24) is 10.6 Å². The standard InChI is InChI=1S/C37H40N2O8/c1-45-30-19-11-9-17-27(30)21-38-36(43)34(46-22-24-12-4-2-5-13-24)32(41)33(42)35(47-23-25-14-6-3-7-15-25)37(44)39-31-28-18-10-8-16-26(28)20-29(31)40/h2-19,29,31-35,40-42H,20-23H2,1H3,(H,38,43)(H,39,44)/t29-,31+,32+,33+,34+,35+/m0/s1. The summed E-state index contributed by atoms with van der Waals surface area (Å²) in [7, 11) is 1.52. The van der Waals surface area contributed by atoms with Crippen molar-refractivity contribution in [3.63, 3.8) is 0 Å². The lowest BCUT2D eigenvalue weighted by Crippen LogP contribution is -2.56. The lowest BCUT2D eigenvalue weighted by molar-refractivity contribution is -0.171. The second-order valence-corrected chi connectivity index (χ2v) is 11.4. The molecule has 6 atom stereocenters. The molecule has 10 heteroatoms. The highest BCUT2D eigenvalue weighted by Gasteiger charge is 2.42. The van der Waals surface area contributed by atoms with Crippen LogP contribution in [0.4, 0.5) is 0 Å². The van der Waals surface area contributed by atoms with E-state index in [0.717, 1.165) is 22.3 Å². The van der Waals surface area contributed by atoms with Gasteiger partial charge in [-0.05, 0) is 28.3 Å². The van der Waals surface area contributed by atoms with Crippen LogP contribution in [-0.4, -0.2) is 64.8 Å². The molecule has 2 amide bonds. The second-order valence-electron chi connectivity index (χ2n) is 11.4. The summed E-state index contributed by atoms with van der Waals surface area (Å²) in [6.45, 7) is -0.0591. The van der Waals surface area contributed by atoms with Gasteiger partial charge in [-0.15, -0.1) is 0 Å². The maximum Gasteiger partial charge on any atom is 0.252 e. The first-order chi connectivity index (χ1) is 22.9. The summed E-state index contributed by atoms with van der Waals surface area (Å²) in [5.41, 5.74) is 3.81. The number of carbonyl (C=O) groups is 2. The fourth-order valence-electron chi connectivity index (χ4n) is 5.65. The Bertz CT molecular complexity index is 1600. The van der Waals surface area contributed by atoms with Gasteiger partial charge in [0.2, 0.25) is 0 Å². The molecule has 4 aromatic rings. The molecule has 0 heterocycles. The van der Waals surface area contributed by atoms with E-state index < -0.39 is 48.4 Å². The number of hydrogen-bond acceptors (Lipinski definition) is 8. The van der Waals surface area contributed by atoms with Crippen LogP contribution in [0.15, 0.2) is 109 Å². The third-order valence-corrected chi connectivity index (χ3v) is 8.18. The molecule has 4 aromatic carbocycles. The van der Waals surface area contributed by atoms with Crippen molar-refractivity contribution in [3.8, 4) is 5.75 Å². The lowest BCUT2D eigenvalue weighted by atomic mass is 10.00. The number of amides is 2. The largest absolute Gasteiger partial charge is 0.496 e. The molecule has 0 saturated heterocycles. The number of rotatable bonds is 15. The number of fused-ring (bicyclic) bond motifs is 1. The van der Waals surface area contributed by atoms with Crippen LogP contribution in [0.3, 0.4) is 0 Å². The summed E-state index contributed by atoms with van der Waals surface area (Å²) in [6, 6.07) is 31.9. The maximum atomic E-state index is 13.8. The number of hydrogen-bond donors (Lipinski definition) is 5. The van der Waals surface area contributed by atoms with Gasteiger partial charge in [-0.25, -0.2) is 0 Å². The number of ether oxygens (including phenoxy) is 3. The Hall–Kier alpha value is -4.58. The van der Waals surface area contributed by atoms with Gasteiger partial charge in [0, 0.05) is 18.5 Å². The minimum absolute atomic E-state index is 0.0514. The van der Waals surface area contributed by atoms with E-state index in [9.17, 15) is 24.9 Å². The quantitative estimate of drug-likeness (QED) is 0.133. The van der Waals surface area contributed by atoms with Gasteiger partial charge in [0.25, 0.3) is 11.8 Å². The first-order valence-electron chi connectivity index (χ1n) is 15.5. The van der Waals surface area contributed by atoms with Gasteiger partial charge in [-0.1, -0.05) is 103 Å². The maximum absolute atomic E-state index is 13.8. The smallest absolute Gasteiger partial charge is 0.252 e. The fraction of sp³-hybridized carbons (Fsp3) is 0.297. The van der Waals surface area contributed by atoms with Crippen LogP contribution in [0.25, 0.3) is 0 Å². The highest BCUT2D eigenvalue weighted by atomic mass is 16.5. The summed E-state index contributed by atoms with van der Waals surface area (Å²) in [5, 5.41) is 39.4. The topological polar surface area (TPSA) is 147 Å². The van der Waals surface area contributed by atoms with Gasteiger partial charge in [-0.2, -0.15) is 0 Å². The summed E-state index contributed by atoms with van der Waals surface area (Å²) in [6.07, 6.45) is -7.54. The number of aliphatic hydroxyl groups excluding tert-OH is 3. The predicted molar refractivity (Wildman–Crippen MR) is 174 cm³/mol. The minimum atomic E-state index is -1.90. The summed E-state index contributed by atoms with van der Waals surface area (Å²) < 4.78 is 17.3. The zero-order valence-electron chi connectivity index (χ0n) is 26.1. The number of nitrogens with one attached hydrogen (secondary N) is 2. The molecule has 0 bridgehead atoms. The zero-order chi connectivity index (χ0) is 33.2. The van der Waals surface area contributed by atoms with Gasteiger partial charge < -0.3 is 40.2 Å². The Morgan fingerprint density at radius 1 is 0.745 bits per heavy atom. The molecule has 1 aliphatic carbocycles. The van der Waals surface area contributed by atoms with E-state index in [0.29, 0.717) is 17.7 Å².